The van der Waals surface area contributed by atoms with Gasteiger partial charge in [-0.25, -0.2) is 0 Å². The Bertz CT molecular complexity index is 1440. The summed E-state index contributed by atoms with van der Waals surface area (Å²) in [6.45, 7) is 32.6. The Kier molecular flexibility index (Phi) is 15.8. The fourth-order valence-electron chi connectivity index (χ4n) is 4.14. The normalized spacial score (nSPS) is 9.65. The molecule has 0 aliphatic carbocycles. The zero-order chi connectivity index (χ0) is 31.1. The van der Waals surface area contributed by atoms with Crippen LogP contribution in [0, 0.1) is 82.1 Å². The van der Waals surface area contributed by atoms with Crippen molar-refractivity contribution in [2.45, 2.75) is 119 Å². The molecule has 0 aromatic heterocycles. The van der Waals surface area contributed by atoms with E-state index in [9.17, 15) is 0 Å². The molecule has 0 unspecified atom stereocenters. The second-order valence-corrected chi connectivity index (χ2v) is 22.9. The van der Waals surface area contributed by atoms with E-state index in [0.717, 1.165) is 33.4 Å². The molecule has 0 atom stereocenters. The van der Waals surface area contributed by atoms with Crippen LogP contribution in [0.3, 0.4) is 0 Å². The Morgan fingerprint density at radius 1 is 0.400 bits per heavy atom. The summed E-state index contributed by atoms with van der Waals surface area (Å²) in [5.41, 5.74) is 14.3. The third kappa shape index (κ3) is 13.1. The first-order valence-corrected chi connectivity index (χ1v) is 19.8. The molecular weight excluding hydrogens is 513 g/mol. The van der Waals surface area contributed by atoms with Gasteiger partial charge in [0, 0.05) is 0 Å². The lowest BCUT2D eigenvalue weighted by Crippen LogP contribution is -2.43. The molecule has 0 spiro atoms. The SMILES string of the molecule is CC(C)=C(C#CC#CC(C#CC#C[Si](C)(C)C)=C(C)C)C#CC#CC(C#C[Si](C(C)C)(C(C)C)C(C)C)=C(C)C. The summed E-state index contributed by atoms with van der Waals surface area (Å²) in [7, 11) is -3.26. The molecule has 0 aromatic rings. The van der Waals surface area contributed by atoms with Gasteiger partial charge in [-0.3, -0.25) is 0 Å². The van der Waals surface area contributed by atoms with Gasteiger partial charge in [-0.2, -0.15) is 0 Å². The van der Waals surface area contributed by atoms with E-state index in [2.05, 4.69) is 157 Å². The van der Waals surface area contributed by atoms with Crippen molar-refractivity contribution in [3.63, 3.8) is 0 Å². The molecule has 0 rings (SSSR count). The van der Waals surface area contributed by atoms with E-state index in [0.29, 0.717) is 16.6 Å². The molecule has 2 heteroatoms. The van der Waals surface area contributed by atoms with Gasteiger partial charge in [-0.05, 0) is 123 Å². The first-order valence-electron chi connectivity index (χ1n) is 14.1. The quantitative estimate of drug-likeness (QED) is 0.238. The lowest BCUT2D eigenvalue weighted by Gasteiger charge is -2.38. The Morgan fingerprint density at radius 3 is 0.925 bits per heavy atom. The van der Waals surface area contributed by atoms with Gasteiger partial charge in [-0.1, -0.05) is 83.8 Å². The molecule has 0 fully saturated rings. The predicted octanol–water partition coefficient (Wildman–Crippen LogP) is 9.11. The van der Waals surface area contributed by atoms with Crippen molar-refractivity contribution >= 4 is 16.1 Å². The van der Waals surface area contributed by atoms with Gasteiger partial charge < -0.3 is 0 Å². The lowest BCUT2D eigenvalue weighted by molar-refractivity contribution is 0.838. The molecule has 0 N–H and O–H groups in total. The van der Waals surface area contributed by atoms with E-state index in [1.165, 1.54) is 0 Å². The third-order valence-electron chi connectivity index (χ3n) is 6.33. The fraction of sp³-hybridized carbons (Fsp3) is 0.474. The molecule has 0 aliphatic heterocycles. The standard InChI is InChI=1S/C38H48Si2/c1-30(2)36(22-16-17-24-37(31(3)4)26-20-21-28-39(13,14)15)23-18-19-25-38(32(5)6)27-29-40(33(7)8,34(9)10)35(11)12/h33-35H,1-15H3. The number of allylic oxidation sites excluding steroid dienone is 6. The molecule has 0 heterocycles. The van der Waals surface area contributed by atoms with Crippen LogP contribution in [-0.2, 0) is 0 Å². The average molecular weight is 561 g/mol. The van der Waals surface area contributed by atoms with E-state index in [1.807, 2.05) is 27.7 Å². The number of rotatable bonds is 3. The number of hydrogen-bond acceptors (Lipinski definition) is 0. The summed E-state index contributed by atoms with van der Waals surface area (Å²) in [6.07, 6.45) is 0. The molecule has 0 saturated carbocycles. The Balaban J connectivity index is 6.13. The molecule has 0 bridgehead atoms. The Morgan fingerprint density at radius 2 is 0.675 bits per heavy atom. The van der Waals surface area contributed by atoms with Crippen molar-refractivity contribution in [2.24, 2.45) is 0 Å². The van der Waals surface area contributed by atoms with Gasteiger partial charge in [0.25, 0.3) is 0 Å². The highest BCUT2D eigenvalue weighted by molar-refractivity contribution is 6.90. The average Bonchev–Trinajstić information content (AvgIpc) is 2.80. The summed E-state index contributed by atoms with van der Waals surface area (Å²) in [6, 6.07) is 0. The van der Waals surface area contributed by atoms with Crippen LogP contribution in [0.2, 0.25) is 36.3 Å². The van der Waals surface area contributed by atoms with Crippen LogP contribution in [0.5, 0.6) is 0 Å². The van der Waals surface area contributed by atoms with Crippen LogP contribution < -0.4 is 0 Å². The first-order chi connectivity index (χ1) is 18.5. The van der Waals surface area contributed by atoms with Crippen LogP contribution in [0.1, 0.15) is 83.1 Å². The summed E-state index contributed by atoms with van der Waals surface area (Å²) < 4.78 is 0. The fourth-order valence-corrected chi connectivity index (χ4v) is 9.78. The van der Waals surface area contributed by atoms with Gasteiger partial charge in [0.1, 0.15) is 16.1 Å². The number of hydrogen-bond donors (Lipinski definition) is 0. The molecule has 0 amide bonds. The summed E-state index contributed by atoms with van der Waals surface area (Å²) in [5, 5.41) is 0. The van der Waals surface area contributed by atoms with E-state index < -0.39 is 16.1 Å². The monoisotopic (exact) mass is 560 g/mol. The van der Waals surface area contributed by atoms with Crippen molar-refractivity contribution < 1.29 is 0 Å². The summed E-state index contributed by atoms with van der Waals surface area (Å²) in [5.74, 6) is 36.7. The topological polar surface area (TPSA) is 0 Å². The second-order valence-electron chi connectivity index (χ2n) is 12.5. The van der Waals surface area contributed by atoms with Gasteiger partial charge in [0.15, 0.2) is 0 Å². The van der Waals surface area contributed by atoms with Crippen LogP contribution >= 0.6 is 0 Å². The van der Waals surface area contributed by atoms with Crippen molar-refractivity contribution in [3.05, 3.63) is 33.4 Å². The second kappa shape index (κ2) is 17.3. The third-order valence-corrected chi connectivity index (χ3v) is 13.5. The molecule has 0 nitrogen and oxygen atoms in total. The molecule has 0 aromatic carbocycles. The summed E-state index contributed by atoms with van der Waals surface area (Å²) >= 11 is 0. The molecule has 40 heavy (non-hydrogen) atoms. The van der Waals surface area contributed by atoms with Crippen LogP contribution in [0.25, 0.3) is 0 Å². The van der Waals surface area contributed by atoms with Gasteiger partial charge in [0.05, 0.1) is 16.7 Å². The van der Waals surface area contributed by atoms with Crippen molar-refractivity contribution in [1.29, 1.82) is 0 Å². The maximum absolute atomic E-state index is 3.77. The minimum Gasteiger partial charge on any atom is -0.124 e. The minimum absolute atomic E-state index is 0.580. The van der Waals surface area contributed by atoms with Crippen LogP contribution in [0.15, 0.2) is 33.4 Å². The van der Waals surface area contributed by atoms with E-state index in [4.69, 9.17) is 0 Å². The molecule has 0 aliphatic rings. The highest BCUT2D eigenvalue weighted by atomic mass is 28.3. The van der Waals surface area contributed by atoms with E-state index in [-0.39, 0.29) is 0 Å². The van der Waals surface area contributed by atoms with Crippen LogP contribution in [-0.4, -0.2) is 16.1 Å². The van der Waals surface area contributed by atoms with Gasteiger partial charge in [-0.15, -0.1) is 11.1 Å². The Hall–Kier alpha value is -3.43. The maximum atomic E-state index is 3.77. The van der Waals surface area contributed by atoms with Crippen LogP contribution in [0.4, 0.5) is 0 Å². The van der Waals surface area contributed by atoms with Gasteiger partial charge >= 0.3 is 0 Å². The smallest absolute Gasteiger partial charge is 0.124 e. The Labute approximate surface area is 250 Å². The van der Waals surface area contributed by atoms with Crippen molar-refractivity contribution in [1.82, 2.24) is 0 Å². The minimum atomic E-state index is -1.82. The summed E-state index contributed by atoms with van der Waals surface area (Å²) in [4.78, 5) is 0. The first kappa shape index (κ1) is 36.6. The van der Waals surface area contributed by atoms with Crippen molar-refractivity contribution in [3.8, 4) is 82.1 Å². The molecule has 0 saturated heterocycles. The maximum Gasteiger partial charge on any atom is 0.146 e. The lowest BCUT2D eigenvalue weighted by atomic mass is 10.1. The zero-order valence-corrected chi connectivity index (χ0v) is 29.7. The highest BCUT2D eigenvalue weighted by Crippen LogP contribution is 2.40. The van der Waals surface area contributed by atoms with E-state index in [1.54, 1.807) is 0 Å². The van der Waals surface area contributed by atoms with E-state index >= 15 is 0 Å². The zero-order valence-electron chi connectivity index (χ0n) is 27.7. The molecular formula is C38H48Si2. The highest BCUT2D eigenvalue weighted by Gasteiger charge is 2.41. The molecule has 0 radical (unpaired) electrons. The predicted molar refractivity (Wildman–Crippen MR) is 184 cm³/mol. The molecule has 208 valence electrons. The van der Waals surface area contributed by atoms with Crippen molar-refractivity contribution in [2.75, 3.05) is 0 Å². The largest absolute Gasteiger partial charge is 0.146 e. The van der Waals surface area contributed by atoms with Gasteiger partial charge in [0.2, 0.25) is 0 Å².